The van der Waals surface area contributed by atoms with Gasteiger partial charge in [0.15, 0.2) is 6.79 Å². The smallest absolute Gasteiger partial charge is 0.189 e. The van der Waals surface area contributed by atoms with E-state index < -0.39 is 0 Å². The molecule has 3 heteroatoms. The van der Waals surface area contributed by atoms with Gasteiger partial charge in [0, 0.05) is 6.04 Å². The second kappa shape index (κ2) is 8.28. The minimum Gasteiger partial charge on any atom is -0.468 e. The molecule has 112 valence electrons. The highest BCUT2D eigenvalue weighted by Crippen LogP contribution is 2.28. The Balaban J connectivity index is 1.65. The zero-order chi connectivity index (χ0) is 14.2. The van der Waals surface area contributed by atoms with E-state index in [4.69, 9.17) is 9.47 Å². The van der Waals surface area contributed by atoms with Gasteiger partial charge >= 0.3 is 0 Å². The van der Waals surface area contributed by atoms with Gasteiger partial charge in [-0.25, -0.2) is 0 Å². The highest BCUT2D eigenvalue weighted by atomic mass is 16.7. The third-order valence-corrected chi connectivity index (χ3v) is 3.57. The molecule has 0 aromatic heterocycles. The lowest BCUT2D eigenvalue weighted by molar-refractivity contribution is 0.00997. The Morgan fingerprint density at radius 1 is 1.25 bits per heavy atom. The minimum absolute atomic E-state index is 0.365. The Morgan fingerprint density at radius 2 is 2.00 bits per heavy atom. The second-order valence-corrected chi connectivity index (χ2v) is 5.78. The zero-order valence-corrected chi connectivity index (χ0v) is 12.7. The lowest BCUT2D eigenvalue weighted by Gasteiger charge is -2.13. The van der Waals surface area contributed by atoms with Gasteiger partial charge in [-0.15, -0.1) is 0 Å². The first-order valence-corrected chi connectivity index (χ1v) is 7.80. The molecule has 1 N–H and O–H groups in total. The lowest BCUT2D eigenvalue weighted by atomic mass is 10.1. The summed E-state index contributed by atoms with van der Waals surface area (Å²) in [6.07, 6.45) is 4.87. The van der Waals surface area contributed by atoms with Crippen LogP contribution in [0.2, 0.25) is 0 Å². The highest BCUT2D eigenvalue weighted by Gasteiger charge is 2.21. The second-order valence-electron chi connectivity index (χ2n) is 5.78. The monoisotopic (exact) mass is 277 g/mol. The van der Waals surface area contributed by atoms with Crippen molar-refractivity contribution in [1.29, 1.82) is 0 Å². The first-order valence-electron chi connectivity index (χ1n) is 7.80. The van der Waals surface area contributed by atoms with Crippen LogP contribution in [0.3, 0.4) is 0 Å². The van der Waals surface area contributed by atoms with Gasteiger partial charge in [-0.1, -0.05) is 19.1 Å². The van der Waals surface area contributed by atoms with Crippen LogP contribution >= 0.6 is 0 Å². The SMILES string of the molecule is CCCNC(C)Cc1ccc(OCOCC2CC2)cc1. The van der Waals surface area contributed by atoms with Crippen LogP contribution in [0.4, 0.5) is 0 Å². The number of ether oxygens (including phenoxy) is 2. The van der Waals surface area contributed by atoms with Gasteiger partial charge < -0.3 is 14.8 Å². The molecule has 1 fully saturated rings. The third kappa shape index (κ3) is 5.93. The maximum Gasteiger partial charge on any atom is 0.189 e. The molecule has 0 saturated heterocycles. The molecule has 0 aliphatic heterocycles. The molecule has 0 heterocycles. The third-order valence-electron chi connectivity index (χ3n) is 3.57. The first-order chi connectivity index (χ1) is 9.78. The van der Waals surface area contributed by atoms with Crippen LogP contribution in [0.25, 0.3) is 0 Å². The number of hydrogen-bond donors (Lipinski definition) is 1. The van der Waals surface area contributed by atoms with Crippen molar-refractivity contribution in [3.05, 3.63) is 29.8 Å². The van der Waals surface area contributed by atoms with E-state index in [1.54, 1.807) is 0 Å². The molecule has 1 saturated carbocycles. The summed E-state index contributed by atoms with van der Waals surface area (Å²) in [5, 5.41) is 3.50. The fraction of sp³-hybridized carbons (Fsp3) is 0.647. The Labute approximate surface area is 122 Å². The Kier molecular flexibility index (Phi) is 6.34. The molecule has 0 radical (unpaired) electrons. The molecular weight excluding hydrogens is 250 g/mol. The summed E-state index contributed by atoms with van der Waals surface area (Å²) in [5.41, 5.74) is 1.34. The van der Waals surface area contributed by atoms with E-state index in [0.717, 1.165) is 31.2 Å². The van der Waals surface area contributed by atoms with Crippen molar-refractivity contribution < 1.29 is 9.47 Å². The highest BCUT2D eigenvalue weighted by molar-refractivity contribution is 5.27. The van der Waals surface area contributed by atoms with Gasteiger partial charge in [-0.3, -0.25) is 0 Å². The number of benzene rings is 1. The molecule has 1 aromatic carbocycles. The number of rotatable bonds is 10. The van der Waals surface area contributed by atoms with Crippen molar-refractivity contribution in [2.24, 2.45) is 5.92 Å². The summed E-state index contributed by atoms with van der Waals surface area (Å²) >= 11 is 0. The molecule has 2 rings (SSSR count). The van der Waals surface area contributed by atoms with Crippen LogP contribution in [0.1, 0.15) is 38.7 Å². The molecule has 1 unspecified atom stereocenters. The van der Waals surface area contributed by atoms with Crippen molar-refractivity contribution in [2.45, 2.75) is 45.6 Å². The molecule has 3 nitrogen and oxygen atoms in total. The van der Waals surface area contributed by atoms with Crippen molar-refractivity contribution >= 4 is 0 Å². The molecule has 0 spiro atoms. The van der Waals surface area contributed by atoms with Gasteiger partial charge in [0.2, 0.25) is 0 Å². The van der Waals surface area contributed by atoms with Crippen molar-refractivity contribution in [3.63, 3.8) is 0 Å². The average molecular weight is 277 g/mol. The van der Waals surface area contributed by atoms with Crippen molar-refractivity contribution in [1.82, 2.24) is 5.32 Å². The molecule has 1 atom stereocenters. The van der Waals surface area contributed by atoms with E-state index >= 15 is 0 Å². The predicted molar refractivity (Wildman–Crippen MR) is 82.1 cm³/mol. The quantitative estimate of drug-likeness (QED) is 0.525. The van der Waals surface area contributed by atoms with E-state index in [0.29, 0.717) is 12.8 Å². The Bertz CT molecular complexity index is 373. The van der Waals surface area contributed by atoms with Crippen molar-refractivity contribution in [3.8, 4) is 5.75 Å². The van der Waals surface area contributed by atoms with Crippen LogP contribution in [-0.2, 0) is 11.2 Å². The van der Waals surface area contributed by atoms with E-state index in [9.17, 15) is 0 Å². The maximum absolute atomic E-state index is 5.57. The van der Waals surface area contributed by atoms with Crippen molar-refractivity contribution in [2.75, 3.05) is 19.9 Å². The summed E-state index contributed by atoms with van der Waals surface area (Å²) in [6.45, 7) is 6.71. The average Bonchev–Trinajstić information content (AvgIpc) is 3.27. The van der Waals surface area contributed by atoms with Gasteiger partial charge in [0.25, 0.3) is 0 Å². The lowest BCUT2D eigenvalue weighted by Crippen LogP contribution is -2.28. The van der Waals surface area contributed by atoms with E-state index in [1.165, 1.54) is 24.8 Å². The van der Waals surface area contributed by atoms with Gasteiger partial charge in [-0.2, -0.15) is 0 Å². The molecule has 1 aromatic rings. The molecule has 0 amide bonds. The molecule has 1 aliphatic rings. The van der Waals surface area contributed by atoms with Crippen LogP contribution in [-0.4, -0.2) is 26.0 Å². The van der Waals surface area contributed by atoms with Crippen LogP contribution in [0, 0.1) is 5.92 Å². The van der Waals surface area contributed by atoms with Crippen LogP contribution < -0.4 is 10.1 Å². The Hall–Kier alpha value is -1.06. The minimum atomic E-state index is 0.365. The molecule has 0 bridgehead atoms. The van der Waals surface area contributed by atoms with Crippen LogP contribution in [0.5, 0.6) is 5.75 Å². The van der Waals surface area contributed by atoms with Crippen LogP contribution in [0.15, 0.2) is 24.3 Å². The van der Waals surface area contributed by atoms with Gasteiger partial charge in [0.05, 0.1) is 6.61 Å². The normalized spacial score (nSPS) is 16.1. The largest absolute Gasteiger partial charge is 0.468 e. The fourth-order valence-electron chi connectivity index (χ4n) is 2.15. The molecular formula is C17H27NO2. The topological polar surface area (TPSA) is 30.5 Å². The summed E-state index contributed by atoms with van der Waals surface area (Å²) in [6, 6.07) is 8.86. The van der Waals surface area contributed by atoms with E-state index in [2.05, 4.69) is 31.3 Å². The fourth-order valence-corrected chi connectivity index (χ4v) is 2.15. The first kappa shape index (κ1) is 15.3. The number of hydrogen-bond acceptors (Lipinski definition) is 3. The zero-order valence-electron chi connectivity index (χ0n) is 12.7. The molecule has 20 heavy (non-hydrogen) atoms. The van der Waals surface area contributed by atoms with E-state index in [1.807, 2.05) is 12.1 Å². The Morgan fingerprint density at radius 3 is 2.65 bits per heavy atom. The maximum atomic E-state index is 5.57. The predicted octanol–water partition coefficient (Wildman–Crippen LogP) is 3.38. The van der Waals surface area contributed by atoms with Gasteiger partial charge in [0.1, 0.15) is 5.75 Å². The summed E-state index contributed by atoms with van der Waals surface area (Å²) in [7, 11) is 0. The van der Waals surface area contributed by atoms with Gasteiger partial charge in [-0.05, 0) is 62.8 Å². The number of nitrogens with one attached hydrogen (secondary N) is 1. The standard InChI is InChI=1S/C17H27NO2/c1-3-10-18-14(2)11-15-6-8-17(9-7-15)20-13-19-12-16-4-5-16/h6-9,14,16,18H,3-5,10-13H2,1-2H3. The van der Waals surface area contributed by atoms with E-state index in [-0.39, 0.29) is 0 Å². The summed E-state index contributed by atoms with van der Waals surface area (Å²) < 4.78 is 11.0. The summed E-state index contributed by atoms with van der Waals surface area (Å²) in [4.78, 5) is 0. The molecule has 1 aliphatic carbocycles. The summed E-state index contributed by atoms with van der Waals surface area (Å²) in [5.74, 6) is 1.68.